The molecule has 0 aromatic heterocycles. The van der Waals surface area contributed by atoms with Crippen LogP contribution in [0.15, 0.2) is 0 Å². The van der Waals surface area contributed by atoms with Gasteiger partial charge in [0, 0.05) is 12.8 Å². The Labute approximate surface area is 99.3 Å². The molecule has 0 radical (unpaired) electrons. The monoisotopic (exact) mass is 256 g/mol. The third kappa shape index (κ3) is 42.0. The standard InChI is InChI=1S/C6H10O4.C2H6OS2/c7-5(8)3-1-2-4-6(9)10;1-2(3,4)5/h1-4H2,(H,7,8)(H,9,10);3-5H,1H3. The molecule has 0 atom stereocenters. The van der Waals surface area contributed by atoms with Crippen LogP contribution in [0, 0.1) is 0 Å². The van der Waals surface area contributed by atoms with Crippen molar-refractivity contribution < 1.29 is 24.9 Å². The van der Waals surface area contributed by atoms with Crippen LogP contribution >= 0.6 is 25.3 Å². The van der Waals surface area contributed by atoms with Gasteiger partial charge in [-0.1, -0.05) is 0 Å². The van der Waals surface area contributed by atoms with Gasteiger partial charge in [0.2, 0.25) is 0 Å². The third-order valence-electron chi connectivity index (χ3n) is 1.03. The minimum Gasteiger partial charge on any atom is -0.481 e. The molecular weight excluding hydrogens is 240 g/mol. The number of rotatable bonds is 5. The molecule has 90 valence electrons. The molecule has 7 heteroatoms. The predicted molar refractivity (Wildman–Crippen MR) is 62.3 cm³/mol. The van der Waals surface area contributed by atoms with E-state index in [0.29, 0.717) is 12.8 Å². The smallest absolute Gasteiger partial charge is 0.303 e. The van der Waals surface area contributed by atoms with E-state index < -0.39 is 16.2 Å². The molecule has 5 nitrogen and oxygen atoms in total. The zero-order chi connectivity index (χ0) is 12.5. The van der Waals surface area contributed by atoms with Gasteiger partial charge < -0.3 is 15.3 Å². The van der Waals surface area contributed by atoms with Gasteiger partial charge in [-0.05, 0) is 19.8 Å². The second-order valence-corrected chi connectivity index (χ2v) is 5.06. The lowest BCUT2D eigenvalue weighted by atomic mass is 10.2. The first-order chi connectivity index (χ1) is 6.63. The first kappa shape index (κ1) is 17.0. The molecule has 0 heterocycles. The summed E-state index contributed by atoms with van der Waals surface area (Å²) in [6.07, 6.45) is 1.02. The minimum absolute atomic E-state index is 0.0628. The second kappa shape index (κ2) is 8.87. The molecule has 0 aliphatic carbocycles. The van der Waals surface area contributed by atoms with E-state index in [2.05, 4.69) is 25.3 Å². The summed E-state index contributed by atoms with van der Waals surface area (Å²) in [7, 11) is 0. The summed E-state index contributed by atoms with van der Waals surface area (Å²) >= 11 is 7.08. The molecule has 0 saturated carbocycles. The van der Waals surface area contributed by atoms with Crippen molar-refractivity contribution in [2.45, 2.75) is 36.9 Å². The first-order valence-electron chi connectivity index (χ1n) is 4.23. The van der Waals surface area contributed by atoms with Gasteiger partial charge in [0.25, 0.3) is 0 Å². The Hall–Kier alpha value is -0.400. The SMILES string of the molecule is CC(O)(S)S.O=C(O)CCCCC(=O)O. The number of carboxylic acids is 2. The van der Waals surface area contributed by atoms with Gasteiger partial charge in [0.05, 0.1) is 0 Å². The van der Waals surface area contributed by atoms with Gasteiger partial charge in [-0.15, -0.1) is 25.3 Å². The van der Waals surface area contributed by atoms with E-state index in [4.69, 9.17) is 15.3 Å². The summed E-state index contributed by atoms with van der Waals surface area (Å²) in [4.78, 5) is 19.8. The van der Waals surface area contributed by atoms with E-state index in [1.165, 1.54) is 6.92 Å². The summed E-state index contributed by atoms with van der Waals surface area (Å²) in [5.74, 6) is -1.74. The van der Waals surface area contributed by atoms with Crippen LogP contribution in [0.25, 0.3) is 0 Å². The number of aliphatic carboxylic acids is 2. The van der Waals surface area contributed by atoms with Gasteiger partial charge in [-0.2, -0.15) is 0 Å². The highest BCUT2D eigenvalue weighted by molar-refractivity contribution is 8.00. The first-order valence-corrected chi connectivity index (χ1v) is 5.13. The van der Waals surface area contributed by atoms with Crippen LogP contribution in [0.4, 0.5) is 0 Å². The van der Waals surface area contributed by atoms with Crippen LogP contribution in [-0.2, 0) is 9.59 Å². The van der Waals surface area contributed by atoms with E-state index in [0.717, 1.165) is 0 Å². The second-order valence-electron chi connectivity index (χ2n) is 2.97. The van der Waals surface area contributed by atoms with Crippen molar-refractivity contribution in [2.75, 3.05) is 0 Å². The number of aliphatic hydroxyl groups is 1. The third-order valence-corrected chi connectivity index (χ3v) is 1.03. The molecule has 0 rings (SSSR count). The van der Waals surface area contributed by atoms with Crippen molar-refractivity contribution in [3.63, 3.8) is 0 Å². The number of unbranched alkanes of at least 4 members (excludes halogenated alkanes) is 1. The van der Waals surface area contributed by atoms with Gasteiger partial charge in [-0.3, -0.25) is 9.59 Å². The number of thiol groups is 2. The number of hydrogen-bond acceptors (Lipinski definition) is 5. The quantitative estimate of drug-likeness (QED) is 0.290. The van der Waals surface area contributed by atoms with Crippen molar-refractivity contribution in [1.82, 2.24) is 0 Å². The summed E-state index contributed by atoms with van der Waals surface area (Å²) < 4.78 is -1.11. The maximum absolute atomic E-state index is 9.90. The highest BCUT2D eigenvalue weighted by Gasteiger charge is 2.00. The van der Waals surface area contributed by atoms with E-state index >= 15 is 0 Å². The molecule has 0 unspecified atom stereocenters. The van der Waals surface area contributed by atoms with Crippen LogP contribution in [0.5, 0.6) is 0 Å². The van der Waals surface area contributed by atoms with E-state index in [9.17, 15) is 9.59 Å². The molecule has 0 fully saturated rings. The lowest BCUT2D eigenvalue weighted by Crippen LogP contribution is -2.00. The molecule has 0 aliphatic heterocycles. The van der Waals surface area contributed by atoms with Crippen molar-refractivity contribution in [3.05, 3.63) is 0 Å². The fourth-order valence-corrected chi connectivity index (χ4v) is 0.552. The van der Waals surface area contributed by atoms with Crippen LogP contribution in [0.3, 0.4) is 0 Å². The van der Waals surface area contributed by atoms with Gasteiger partial charge in [-0.25, -0.2) is 0 Å². The molecule has 0 aromatic carbocycles. The Balaban J connectivity index is 0. The van der Waals surface area contributed by atoms with Crippen LogP contribution in [0.1, 0.15) is 32.6 Å². The lowest BCUT2D eigenvalue weighted by molar-refractivity contribution is -0.139. The number of carbonyl (C=O) groups is 2. The molecule has 15 heavy (non-hydrogen) atoms. The molecule has 0 aliphatic rings. The van der Waals surface area contributed by atoms with Crippen LogP contribution in [0.2, 0.25) is 0 Å². The Morgan fingerprint density at radius 3 is 1.40 bits per heavy atom. The summed E-state index contributed by atoms with van der Waals surface area (Å²) in [6.45, 7) is 1.47. The van der Waals surface area contributed by atoms with Crippen LogP contribution in [-0.4, -0.2) is 31.5 Å². The van der Waals surface area contributed by atoms with E-state index in [1.807, 2.05) is 0 Å². The molecule has 0 spiro atoms. The summed E-state index contributed by atoms with van der Waals surface area (Å²) in [5.41, 5.74) is 0. The van der Waals surface area contributed by atoms with Gasteiger partial charge >= 0.3 is 11.9 Å². The Bertz CT molecular complexity index is 178. The van der Waals surface area contributed by atoms with E-state index in [1.54, 1.807) is 0 Å². The predicted octanol–water partition coefficient (Wildman–Crippen LogP) is 1.23. The lowest BCUT2D eigenvalue weighted by Gasteiger charge is -2.02. The zero-order valence-electron chi connectivity index (χ0n) is 8.38. The topological polar surface area (TPSA) is 94.8 Å². The highest BCUT2D eigenvalue weighted by Crippen LogP contribution is 2.10. The van der Waals surface area contributed by atoms with Crippen molar-refractivity contribution in [1.29, 1.82) is 0 Å². The van der Waals surface area contributed by atoms with Gasteiger partial charge in [0.15, 0.2) is 0 Å². The summed E-state index contributed by atoms with van der Waals surface area (Å²) in [5, 5.41) is 24.5. The zero-order valence-corrected chi connectivity index (χ0v) is 10.2. The summed E-state index contributed by atoms with van der Waals surface area (Å²) in [6, 6.07) is 0. The molecule has 0 bridgehead atoms. The average Bonchev–Trinajstić information content (AvgIpc) is 1.94. The van der Waals surface area contributed by atoms with Crippen molar-refractivity contribution in [2.24, 2.45) is 0 Å². The van der Waals surface area contributed by atoms with Crippen molar-refractivity contribution in [3.8, 4) is 0 Å². The normalized spacial score (nSPS) is 10.1. The molecule has 0 saturated heterocycles. The Kier molecular flexibility index (Phi) is 10.1. The fraction of sp³-hybridized carbons (Fsp3) is 0.750. The average molecular weight is 256 g/mol. The van der Waals surface area contributed by atoms with E-state index in [-0.39, 0.29) is 12.8 Å². The maximum atomic E-state index is 9.90. The molecule has 0 amide bonds. The molecule has 3 N–H and O–H groups in total. The largest absolute Gasteiger partial charge is 0.481 e. The van der Waals surface area contributed by atoms with Crippen LogP contribution < -0.4 is 0 Å². The fourth-order valence-electron chi connectivity index (χ4n) is 0.552. The molecular formula is C8H16O5S2. The number of carboxylic acid groups (broad SMARTS) is 2. The van der Waals surface area contributed by atoms with Crippen molar-refractivity contribution >= 4 is 37.2 Å². The number of hydrogen-bond donors (Lipinski definition) is 5. The Morgan fingerprint density at radius 1 is 1.07 bits per heavy atom. The maximum Gasteiger partial charge on any atom is 0.303 e. The van der Waals surface area contributed by atoms with Gasteiger partial charge in [0.1, 0.15) is 4.27 Å². The highest BCUT2D eigenvalue weighted by atomic mass is 32.2. The minimum atomic E-state index is -1.11. The molecule has 0 aromatic rings. The Morgan fingerprint density at radius 2 is 1.27 bits per heavy atom.